The Hall–Kier alpha value is -3.14. The Morgan fingerprint density at radius 3 is 2.90 bits per heavy atom. The zero-order valence-electron chi connectivity index (χ0n) is 15.8. The van der Waals surface area contributed by atoms with Crippen LogP contribution in [0, 0.1) is 17.6 Å². The van der Waals surface area contributed by atoms with Crippen molar-refractivity contribution >= 4 is 11.9 Å². The number of carbonyl (C=O) groups is 1. The molecule has 1 aromatic carbocycles. The number of aromatic nitrogens is 2. The first-order chi connectivity index (χ1) is 13.8. The van der Waals surface area contributed by atoms with Crippen LogP contribution in [0.1, 0.15) is 18.9 Å². The van der Waals surface area contributed by atoms with Crippen molar-refractivity contribution in [2.24, 2.45) is 16.6 Å². The highest BCUT2D eigenvalue weighted by Gasteiger charge is 2.54. The number of rotatable bonds is 3. The average molecular weight is 403 g/mol. The first-order valence-corrected chi connectivity index (χ1v) is 8.99. The molecule has 4 rings (SSSR count). The summed E-state index contributed by atoms with van der Waals surface area (Å²) in [7, 11) is 1.53. The summed E-state index contributed by atoms with van der Waals surface area (Å²) in [6, 6.07) is 3.88. The van der Waals surface area contributed by atoms with Gasteiger partial charge in [-0.1, -0.05) is 0 Å². The summed E-state index contributed by atoms with van der Waals surface area (Å²) in [5, 5.41) is 0. The minimum atomic E-state index is -1.34. The fourth-order valence-corrected chi connectivity index (χ4v) is 3.72. The molecule has 152 valence electrons. The van der Waals surface area contributed by atoms with Gasteiger partial charge >= 0.3 is 0 Å². The van der Waals surface area contributed by atoms with Crippen molar-refractivity contribution in [2.45, 2.75) is 25.0 Å². The molecule has 1 saturated heterocycles. The molecule has 29 heavy (non-hydrogen) atoms. The molecule has 10 heteroatoms. The quantitative estimate of drug-likeness (QED) is 0.840. The number of hydrogen-bond donors (Lipinski definition) is 1. The van der Waals surface area contributed by atoms with Crippen LogP contribution in [-0.2, 0) is 15.1 Å². The van der Waals surface area contributed by atoms with Crippen molar-refractivity contribution in [3.63, 3.8) is 0 Å². The molecule has 0 unspecified atom stereocenters. The molecule has 1 amide bonds. The van der Waals surface area contributed by atoms with Crippen LogP contribution in [0.3, 0.4) is 0 Å². The van der Waals surface area contributed by atoms with E-state index in [9.17, 15) is 13.6 Å². The standard InChI is InChI=1S/C19H19F2N5O3/c1-10-5-13-17(27)26(2)18(22)25-19(13,8-28-10)12-6-11(3-4-14(12)20)29-16-15(21)7-23-9-24-16/h3-4,6-7,9-10,13H,5,8H2,1-2H3,(H2,22,25)/t10-,13-,19+/m0/s1. The van der Waals surface area contributed by atoms with Gasteiger partial charge in [-0.25, -0.2) is 14.4 Å². The summed E-state index contributed by atoms with van der Waals surface area (Å²) in [5.74, 6) is -2.49. The van der Waals surface area contributed by atoms with Crippen LogP contribution in [-0.4, -0.2) is 46.5 Å². The van der Waals surface area contributed by atoms with E-state index in [0.717, 1.165) is 12.5 Å². The van der Waals surface area contributed by atoms with Gasteiger partial charge in [0.2, 0.25) is 11.7 Å². The van der Waals surface area contributed by atoms with Crippen LogP contribution in [0.2, 0.25) is 0 Å². The number of halogens is 2. The zero-order chi connectivity index (χ0) is 20.8. The third kappa shape index (κ3) is 3.19. The predicted molar refractivity (Wildman–Crippen MR) is 98.1 cm³/mol. The van der Waals surface area contributed by atoms with Gasteiger partial charge in [0.25, 0.3) is 5.88 Å². The number of nitrogens with zero attached hydrogens (tertiary/aromatic N) is 4. The molecule has 0 bridgehead atoms. The Kier molecular flexibility index (Phi) is 4.65. The van der Waals surface area contributed by atoms with Gasteiger partial charge in [0.1, 0.15) is 23.4 Å². The van der Waals surface area contributed by atoms with Crippen LogP contribution in [0.5, 0.6) is 11.6 Å². The van der Waals surface area contributed by atoms with Crippen molar-refractivity contribution in [2.75, 3.05) is 13.7 Å². The molecule has 2 aromatic rings. The maximum Gasteiger partial charge on any atom is 0.259 e. The summed E-state index contributed by atoms with van der Waals surface area (Å²) >= 11 is 0. The molecule has 0 radical (unpaired) electrons. The molecule has 1 aromatic heterocycles. The fraction of sp³-hybridized carbons (Fsp3) is 0.368. The molecule has 0 spiro atoms. The smallest absolute Gasteiger partial charge is 0.259 e. The predicted octanol–water partition coefficient (Wildman–Crippen LogP) is 1.95. The summed E-state index contributed by atoms with van der Waals surface area (Å²) in [5.41, 5.74) is 4.69. The van der Waals surface area contributed by atoms with Crippen LogP contribution >= 0.6 is 0 Å². The number of guanidine groups is 1. The maximum absolute atomic E-state index is 14.9. The number of carbonyl (C=O) groups excluding carboxylic acids is 1. The number of nitrogens with two attached hydrogens (primary N) is 1. The highest BCUT2D eigenvalue weighted by atomic mass is 19.1. The summed E-state index contributed by atoms with van der Waals surface area (Å²) in [6.45, 7) is 1.81. The average Bonchev–Trinajstić information content (AvgIpc) is 2.70. The highest BCUT2D eigenvalue weighted by Crippen LogP contribution is 2.46. The third-order valence-corrected chi connectivity index (χ3v) is 5.27. The van der Waals surface area contributed by atoms with Gasteiger partial charge in [-0.15, -0.1) is 0 Å². The van der Waals surface area contributed by atoms with E-state index in [1.165, 1.54) is 30.1 Å². The Labute approximate surface area is 165 Å². The number of aliphatic imine (C=N–C) groups is 1. The van der Waals surface area contributed by atoms with Gasteiger partial charge in [0, 0.05) is 12.6 Å². The fourth-order valence-electron chi connectivity index (χ4n) is 3.72. The normalized spacial score (nSPS) is 26.7. The lowest BCUT2D eigenvalue weighted by Gasteiger charge is -2.46. The second-order valence-corrected chi connectivity index (χ2v) is 7.12. The minimum Gasteiger partial charge on any atom is -0.436 e. The summed E-state index contributed by atoms with van der Waals surface area (Å²) in [6.07, 6.45) is 2.25. The van der Waals surface area contributed by atoms with E-state index in [4.69, 9.17) is 15.2 Å². The Bertz CT molecular complexity index is 1000. The molecule has 0 saturated carbocycles. The SMILES string of the molecule is C[C@H]1C[C@H]2C(=O)N(C)C(N)=N[C@@]2(c2cc(Oc3ncncc3F)ccc2F)CO1. The molecule has 1 fully saturated rings. The van der Waals surface area contributed by atoms with Gasteiger partial charge in [-0.3, -0.25) is 9.69 Å². The number of amides is 1. The number of hydrogen-bond acceptors (Lipinski definition) is 7. The van der Waals surface area contributed by atoms with Crippen molar-refractivity contribution in [3.8, 4) is 11.6 Å². The molecule has 8 nitrogen and oxygen atoms in total. The van der Waals surface area contributed by atoms with Gasteiger partial charge < -0.3 is 15.2 Å². The molecular formula is C19H19F2N5O3. The van der Waals surface area contributed by atoms with Gasteiger partial charge in [-0.05, 0) is 31.5 Å². The van der Waals surface area contributed by atoms with Crippen molar-refractivity contribution in [3.05, 3.63) is 47.9 Å². The van der Waals surface area contributed by atoms with E-state index >= 15 is 0 Å². The molecule has 0 aliphatic carbocycles. The second-order valence-electron chi connectivity index (χ2n) is 7.12. The van der Waals surface area contributed by atoms with Crippen LogP contribution < -0.4 is 10.5 Å². The minimum absolute atomic E-state index is 0.0264. The van der Waals surface area contributed by atoms with E-state index in [0.29, 0.717) is 6.42 Å². The molecular weight excluding hydrogens is 384 g/mol. The molecule has 2 N–H and O–H groups in total. The zero-order valence-corrected chi connectivity index (χ0v) is 15.8. The number of ether oxygens (including phenoxy) is 2. The number of fused-ring (bicyclic) bond motifs is 1. The lowest BCUT2D eigenvalue weighted by molar-refractivity contribution is -0.144. The van der Waals surface area contributed by atoms with Gasteiger partial charge in [0.15, 0.2) is 5.96 Å². The summed E-state index contributed by atoms with van der Waals surface area (Å²) < 4.78 is 40.0. The van der Waals surface area contributed by atoms with E-state index < -0.39 is 23.1 Å². The third-order valence-electron chi connectivity index (χ3n) is 5.27. The van der Waals surface area contributed by atoms with Crippen LogP contribution in [0.4, 0.5) is 8.78 Å². The van der Waals surface area contributed by atoms with Crippen molar-refractivity contribution in [1.82, 2.24) is 14.9 Å². The Morgan fingerprint density at radius 2 is 2.14 bits per heavy atom. The van der Waals surface area contributed by atoms with E-state index in [2.05, 4.69) is 15.0 Å². The molecule has 3 atom stereocenters. The molecule has 2 aliphatic heterocycles. The first-order valence-electron chi connectivity index (χ1n) is 8.99. The van der Waals surface area contributed by atoms with Gasteiger partial charge in [-0.2, -0.15) is 9.37 Å². The van der Waals surface area contributed by atoms with E-state index in [1.54, 1.807) is 0 Å². The van der Waals surface area contributed by atoms with E-state index in [-0.39, 0.29) is 41.8 Å². The monoisotopic (exact) mass is 403 g/mol. The van der Waals surface area contributed by atoms with Crippen LogP contribution in [0.15, 0.2) is 35.7 Å². The lowest BCUT2D eigenvalue weighted by Crippen LogP contribution is -2.59. The highest BCUT2D eigenvalue weighted by molar-refractivity contribution is 6.00. The maximum atomic E-state index is 14.9. The molecule has 2 aliphatic rings. The lowest BCUT2D eigenvalue weighted by atomic mass is 9.72. The Morgan fingerprint density at radius 1 is 1.34 bits per heavy atom. The molecule has 3 heterocycles. The topological polar surface area (TPSA) is 103 Å². The van der Waals surface area contributed by atoms with Crippen molar-refractivity contribution in [1.29, 1.82) is 0 Å². The number of benzene rings is 1. The van der Waals surface area contributed by atoms with Crippen molar-refractivity contribution < 1.29 is 23.0 Å². The first kappa shape index (κ1) is 19.2. The largest absolute Gasteiger partial charge is 0.436 e. The van der Waals surface area contributed by atoms with Gasteiger partial charge in [0.05, 0.1) is 24.8 Å². The second kappa shape index (κ2) is 7.03. The summed E-state index contributed by atoms with van der Waals surface area (Å²) in [4.78, 5) is 25.9. The van der Waals surface area contributed by atoms with E-state index in [1.807, 2.05) is 6.92 Å². The van der Waals surface area contributed by atoms with Crippen LogP contribution in [0.25, 0.3) is 0 Å². The Balaban J connectivity index is 1.81.